The van der Waals surface area contributed by atoms with Gasteiger partial charge in [-0.15, -0.1) is 0 Å². The highest BCUT2D eigenvalue weighted by Crippen LogP contribution is 2.39. The van der Waals surface area contributed by atoms with Gasteiger partial charge in [-0.1, -0.05) is 13.8 Å². The first-order valence-electron chi connectivity index (χ1n) is 8.49. The van der Waals surface area contributed by atoms with E-state index in [2.05, 4.69) is 13.8 Å². The largest absolute Gasteiger partial charge is 0.381 e. The molecule has 2 atom stereocenters. The number of nitrogens with two attached hydrogens (primary N) is 1. The van der Waals surface area contributed by atoms with Crippen molar-refractivity contribution in [2.45, 2.75) is 83.0 Å². The molecule has 0 amide bonds. The van der Waals surface area contributed by atoms with Crippen molar-refractivity contribution in [2.75, 3.05) is 13.7 Å². The quantitative estimate of drug-likeness (QED) is 0.840. The minimum absolute atomic E-state index is 0.0499. The van der Waals surface area contributed by atoms with Crippen molar-refractivity contribution in [2.24, 2.45) is 17.6 Å². The Kier molecular flexibility index (Phi) is 5.88. The van der Waals surface area contributed by atoms with Gasteiger partial charge in [0.1, 0.15) is 0 Å². The molecule has 2 aliphatic rings. The molecule has 20 heavy (non-hydrogen) atoms. The lowest BCUT2D eigenvalue weighted by atomic mass is 9.74. The predicted octanol–water partition coefficient (Wildman–Crippen LogP) is 3.50. The Balaban J connectivity index is 1.88. The van der Waals surface area contributed by atoms with Crippen molar-refractivity contribution in [1.29, 1.82) is 0 Å². The van der Waals surface area contributed by atoms with Crippen molar-refractivity contribution in [3.63, 3.8) is 0 Å². The van der Waals surface area contributed by atoms with Crippen LogP contribution in [0, 0.1) is 11.8 Å². The van der Waals surface area contributed by atoms with Crippen molar-refractivity contribution in [3.8, 4) is 0 Å². The lowest BCUT2D eigenvalue weighted by Gasteiger charge is -2.44. The molecule has 0 heterocycles. The van der Waals surface area contributed by atoms with Gasteiger partial charge in [0, 0.05) is 13.7 Å². The molecule has 3 nitrogen and oxygen atoms in total. The molecule has 2 unspecified atom stereocenters. The third-order valence-electron chi connectivity index (χ3n) is 5.58. The number of methoxy groups -OCH3 is 1. The summed E-state index contributed by atoms with van der Waals surface area (Å²) < 4.78 is 12.0. The molecule has 2 fully saturated rings. The van der Waals surface area contributed by atoms with E-state index in [1.54, 1.807) is 0 Å². The summed E-state index contributed by atoms with van der Waals surface area (Å²) in [5.74, 6) is 1.65. The van der Waals surface area contributed by atoms with Gasteiger partial charge in [-0.25, -0.2) is 0 Å². The van der Waals surface area contributed by atoms with Gasteiger partial charge in [0.15, 0.2) is 0 Å². The van der Waals surface area contributed by atoms with E-state index in [1.165, 1.54) is 32.1 Å². The summed E-state index contributed by atoms with van der Waals surface area (Å²) in [5, 5.41) is 0. The molecule has 0 bridgehead atoms. The second-order valence-electron chi connectivity index (χ2n) is 7.23. The van der Waals surface area contributed by atoms with E-state index in [0.29, 0.717) is 18.8 Å². The Hall–Kier alpha value is -0.120. The van der Waals surface area contributed by atoms with Gasteiger partial charge < -0.3 is 15.2 Å². The van der Waals surface area contributed by atoms with Gasteiger partial charge in [0.25, 0.3) is 0 Å². The maximum atomic E-state index is 6.52. The van der Waals surface area contributed by atoms with Gasteiger partial charge in [-0.2, -0.15) is 0 Å². The third-order valence-corrected chi connectivity index (χ3v) is 5.58. The Morgan fingerprint density at radius 3 is 2.30 bits per heavy atom. The molecule has 118 valence electrons. The van der Waals surface area contributed by atoms with Crippen molar-refractivity contribution in [1.82, 2.24) is 0 Å². The molecule has 0 saturated heterocycles. The van der Waals surface area contributed by atoms with E-state index in [9.17, 15) is 0 Å². The Morgan fingerprint density at radius 2 is 1.75 bits per heavy atom. The van der Waals surface area contributed by atoms with E-state index in [1.807, 2.05) is 7.11 Å². The Labute approximate surface area is 124 Å². The maximum absolute atomic E-state index is 6.52. The minimum atomic E-state index is -0.0499. The molecule has 2 rings (SSSR count). The van der Waals surface area contributed by atoms with Crippen LogP contribution in [0.1, 0.15) is 65.2 Å². The van der Waals surface area contributed by atoms with Gasteiger partial charge in [-0.3, -0.25) is 0 Å². The SMILES string of the molecule is COC1CCCC(OC2(CN)CCC(C(C)C)CC2)C1. The molecule has 2 N–H and O–H groups in total. The average molecular weight is 283 g/mol. The lowest BCUT2D eigenvalue weighted by molar-refractivity contribution is -0.139. The number of rotatable bonds is 5. The molecular formula is C17H33NO2. The van der Waals surface area contributed by atoms with Gasteiger partial charge >= 0.3 is 0 Å². The summed E-state index contributed by atoms with van der Waals surface area (Å²) in [5.41, 5.74) is 6.04. The third kappa shape index (κ3) is 3.96. The van der Waals surface area contributed by atoms with Gasteiger partial charge in [-0.05, 0) is 63.2 Å². The fourth-order valence-electron chi connectivity index (χ4n) is 3.98. The van der Waals surface area contributed by atoms with Crippen LogP contribution in [-0.4, -0.2) is 31.5 Å². The van der Waals surface area contributed by atoms with Crippen LogP contribution in [0.15, 0.2) is 0 Å². The highest BCUT2D eigenvalue weighted by Gasteiger charge is 2.38. The summed E-state index contributed by atoms with van der Waals surface area (Å²) in [6.07, 6.45) is 10.2. The molecule has 0 aromatic carbocycles. The predicted molar refractivity (Wildman–Crippen MR) is 82.7 cm³/mol. The van der Waals surface area contributed by atoms with E-state index in [4.69, 9.17) is 15.2 Å². The van der Waals surface area contributed by atoms with Crippen LogP contribution >= 0.6 is 0 Å². The van der Waals surface area contributed by atoms with Crippen LogP contribution in [0.4, 0.5) is 0 Å². The fraction of sp³-hybridized carbons (Fsp3) is 1.00. The van der Waals surface area contributed by atoms with Crippen molar-refractivity contribution >= 4 is 0 Å². The first kappa shape index (κ1) is 16.3. The van der Waals surface area contributed by atoms with E-state index in [-0.39, 0.29) is 5.60 Å². The van der Waals surface area contributed by atoms with Crippen LogP contribution in [0.2, 0.25) is 0 Å². The average Bonchev–Trinajstić information content (AvgIpc) is 2.48. The van der Waals surface area contributed by atoms with Crippen LogP contribution < -0.4 is 5.73 Å². The molecular weight excluding hydrogens is 250 g/mol. The topological polar surface area (TPSA) is 44.5 Å². The summed E-state index contributed by atoms with van der Waals surface area (Å²) in [6, 6.07) is 0. The molecule has 0 spiro atoms. The summed E-state index contributed by atoms with van der Waals surface area (Å²) in [6.45, 7) is 5.35. The zero-order valence-electron chi connectivity index (χ0n) is 13.6. The highest BCUT2D eigenvalue weighted by molar-refractivity contribution is 4.91. The Morgan fingerprint density at radius 1 is 1.10 bits per heavy atom. The minimum Gasteiger partial charge on any atom is -0.381 e. The molecule has 0 radical (unpaired) electrons. The number of hydrogen-bond donors (Lipinski definition) is 1. The number of hydrogen-bond acceptors (Lipinski definition) is 3. The molecule has 2 saturated carbocycles. The van der Waals surface area contributed by atoms with E-state index >= 15 is 0 Å². The monoisotopic (exact) mass is 283 g/mol. The molecule has 3 heteroatoms. The van der Waals surface area contributed by atoms with Gasteiger partial charge in [0.05, 0.1) is 17.8 Å². The molecule has 0 aliphatic heterocycles. The van der Waals surface area contributed by atoms with Crippen LogP contribution in [0.25, 0.3) is 0 Å². The first-order chi connectivity index (χ1) is 9.58. The molecule has 0 aromatic heterocycles. The van der Waals surface area contributed by atoms with Crippen LogP contribution in [-0.2, 0) is 9.47 Å². The zero-order chi connectivity index (χ0) is 14.6. The van der Waals surface area contributed by atoms with E-state index in [0.717, 1.165) is 31.1 Å². The first-order valence-corrected chi connectivity index (χ1v) is 8.49. The van der Waals surface area contributed by atoms with Crippen LogP contribution in [0.3, 0.4) is 0 Å². The summed E-state index contributed by atoms with van der Waals surface area (Å²) >= 11 is 0. The lowest BCUT2D eigenvalue weighted by Crippen LogP contribution is -2.48. The maximum Gasteiger partial charge on any atom is 0.0808 e. The van der Waals surface area contributed by atoms with Gasteiger partial charge in [0.2, 0.25) is 0 Å². The normalized spacial score (nSPS) is 39.1. The van der Waals surface area contributed by atoms with Crippen molar-refractivity contribution < 1.29 is 9.47 Å². The standard InChI is InChI=1S/C17H33NO2/c1-13(2)14-7-9-17(12-18,10-8-14)20-16-6-4-5-15(11-16)19-3/h13-16H,4-12,18H2,1-3H3. The smallest absolute Gasteiger partial charge is 0.0808 e. The molecule has 0 aromatic rings. The second kappa shape index (κ2) is 7.24. The second-order valence-corrected chi connectivity index (χ2v) is 7.23. The fourth-order valence-corrected chi connectivity index (χ4v) is 3.98. The molecule has 2 aliphatic carbocycles. The summed E-state index contributed by atoms with van der Waals surface area (Å²) in [4.78, 5) is 0. The number of ether oxygens (including phenoxy) is 2. The van der Waals surface area contributed by atoms with Crippen LogP contribution in [0.5, 0.6) is 0 Å². The zero-order valence-corrected chi connectivity index (χ0v) is 13.6. The highest BCUT2D eigenvalue weighted by atomic mass is 16.5. The Bertz CT molecular complexity index is 285. The van der Waals surface area contributed by atoms with E-state index < -0.39 is 0 Å². The van der Waals surface area contributed by atoms with Crippen molar-refractivity contribution in [3.05, 3.63) is 0 Å². The summed E-state index contributed by atoms with van der Waals surface area (Å²) in [7, 11) is 1.82.